The average Bonchev–Trinajstić information content (AvgIpc) is 2.81. The first-order chi connectivity index (χ1) is 15.5. The first-order valence-corrected chi connectivity index (χ1v) is 12.7. The molecule has 0 radical (unpaired) electrons. The summed E-state index contributed by atoms with van der Waals surface area (Å²) in [6.45, 7) is 4.40. The van der Waals surface area contributed by atoms with Crippen LogP contribution in [0.4, 0.5) is 8.78 Å². The Bertz CT molecular complexity index is 774. The maximum atomic E-state index is 14.6. The van der Waals surface area contributed by atoms with Crippen LogP contribution in [0.5, 0.6) is 0 Å². The molecule has 176 valence electrons. The zero-order chi connectivity index (χ0) is 22.8. The number of aryl methyl sites for hydroxylation is 1. The maximum absolute atomic E-state index is 14.6. The van der Waals surface area contributed by atoms with Gasteiger partial charge in [0.1, 0.15) is 0 Å². The van der Waals surface area contributed by atoms with Gasteiger partial charge >= 0.3 is 6.11 Å². The van der Waals surface area contributed by atoms with Gasteiger partial charge in [0, 0.05) is 0 Å². The van der Waals surface area contributed by atoms with Crippen LogP contribution in [0.1, 0.15) is 99.8 Å². The Morgan fingerprint density at radius 1 is 0.781 bits per heavy atom. The lowest BCUT2D eigenvalue weighted by Gasteiger charge is -2.29. The molecule has 32 heavy (non-hydrogen) atoms. The Balaban J connectivity index is 1.46. The summed E-state index contributed by atoms with van der Waals surface area (Å²) in [7, 11) is 0. The van der Waals surface area contributed by atoms with Gasteiger partial charge in [-0.2, -0.15) is 8.78 Å². The second kappa shape index (κ2) is 12.5. The maximum Gasteiger partial charge on any atom is 0.383 e. The van der Waals surface area contributed by atoms with Crippen molar-refractivity contribution in [2.75, 3.05) is 6.61 Å². The minimum Gasteiger partial charge on any atom is -0.316 e. The van der Waals surface area contributed by atoms with Gasteiger partial charge in [0.05, 0.1) is 12.2 Å². The van der Waals surface area contributed by atoms with Crippen molar-refractivity contribution in [1.29, 1.82) is 0 Å². The molecule has 1 saturated carbocycles. The van der Waals surface area contributed by atoms with Crippen LogP contribution in [0.3, 0.4) is 0 Å². The van der Waals surface area contributed by atoms with Crippen molar-refractivity contribution in [3.63, 3.8) is 0 Å². The smallest absolute Gasteiger partial charge is 0.316 e. The highest BCUT2D eigenvalue weighted by Gasteiger charge is 2.33. The normalized spacial score (nSPS) is 19.2. The number of unbranched alkanes of at least 4 members (excludes halogenated alkanes) is 2. The lowest BCUT2D eigenvalue weighted by Crippen LogP contribution is -2.20. The Hall–Kier alpha value is -1.74. The number of hydrogen-bond donors (Lipinski definition) is 0. The summed E-state index contributed by atoms with van der Waals surface area (Å²) in [6.07, 6.45) is 9.61. The summed E-state index contributed by atoms with van der Waals surface area (Å²) < 4.78 is 34.2. The second-order valence-corrected chi connectivity index (χ2v) is 9.52. The molecule has 0 spiro atoms. The van der Waals surface area contributed by atoms with Crippen LogP contribution in [-0.4, -0.2) is 6.61 Å². The van der Waals surface area contributed by atoms with Crippen molar-refractivity contribution in [3.05, 3.63) is 70.8 Å². The van der Waals surface area contributed by atoms with E-state index in [0.717, 1.165) is 24.3 Å². The van der Waals surface area contributed by atoms with E-state index in [2.05, 4.69) is 26.0 Å². The van der Waals surface area contributed by atoms with Gasteiger partial charge in [0.15, 0.2) is 0 Å². The Morgan fingerprint density at radius 3 is 2.00 bits per heavy atom. The minimum atomic E-state index is -3.25. The van der Waals surface area contributed by atoms with Crippen molar-refractivity contribution >= 4 is 0 Å². The van der Waals surface area contributed by atoms with E-state index in [-0.39, 0.29) is 12.2 Å². The summed E-state index contributed by atoms with van der Waals surface area (Å²) in [5.41, 5.74) is 3.46. The zero-order valence-electron chi connectivity index (χ0n) is 19.9. The first-order valence-electron chi connectivity index (χ1n) is 12.7. The van der Waals surface area contributed by atoms with E-state index < -0.39 is 6.11 Å². The molecule has 1 aliphatic carbocycles. The number of benzene rings is 2. The van der Waals surface area contributed by atoms with Crippen LogP contribution in [-0.2, 0) is 23.7 Å². The number of hydrogen-bond acceptors (Lipinski definition) is 1. The summed E-state index contributed by atoms with van der Waals surface area (Å²) in [4.78, 5) is 0. The fourth-order valence-corrected chi connectivity index (χ4v) is 4.96. The molecule has 3 heteroatoms. The number of alkyl halides is 2. The molecule has 0 aromatic heterocycles. The van der Waals surface area contributed by atoms with Gasteiger partial charge in [-0.15, -0.1) is 0 Å². The monoisotopic (exact) mass is 442 g/mol. The highest BCUT2D eigenvalue weighted by molar-refractivity contribution is 5.28. The average molecular weight is 443 g/mol. The molecular weight excluding hydrogens is 402 g/mol. The van der Waals surface area contributed by atoms with E-state index in [0.29, 0.717) is 12.3 Å². The Labute approximate surface area is 193 Å². The summed E-state index contributed by atoms with van der Waals surface area (Å²) in [5, 5.41) is 0. The van der Waals surface area contributed by atoms with Crippen molar-refractivity contribution < 1.29 is 13.5 Å². The first kappa shape index (κ1) is 24.9. The van der Waals surface area contributed by atoms with E-state index >= 15 is 0 Å². The lowest BCUT2D eigenvalue weighted by atomic mass is 9.77. The fourth-order valence-electron chi connectivity index (χ4n) is 4.96. The van der Waals surface area contributed by atoms with Gasteiger partial charge < -0.3 is 4.74 Å². The molecular formula is C29H40F2O. The second-order valence-electron chi connectivity index (χ2n) is 9.52. The number of halogens is 2. The highest BCUT2D eigenvalue weighted by Crippen LogP contribution is 2.39. The van der Waals surface area contributed by atoms with Crippen molar-refractivity contribution in [2.45, 2.75) is 96.5 Å². The predicted molar refractivity (Wildman–Crippen MR) is 129 cm³/mol. The Morgan fingerprint density at radius 2 is 1.41 bits per heavy atom. The molecule has 0 saturated heterocycles. The molecule has 2 aromatic carbocycles. The van der Waals surface area contributed by atoms with E-state index in [1.165, 1.54) is 62.5 Å². The van der Waals surface area contributed by atoms with Gasteiger partial charge in [0.25, 0.3) is 0 Å². The van der Waals surface area contributed by atoms with Gasteiger partial charge in [-0.05, 0) is 67.1 Å². The van der Waals surface area contributed by atoms with Gasteiger partial charge in [0.2, 0.25) is 0 Å². The molecule has 0 unspecified atom stereocenters. The summed E-state index contributed by atoms with van der Waals surface area (Å²) in [5.74, 6) is 1.37. The Kier molecular flexibility index (Phi) is 9.71. The zero-order valence-corrected chi connectivity index (χ0v) is 19.9. The lowest BCUT2D eigenvalue weighted by molar-refractivity contribution is -0.248. The van der Waals surface area contributed by atoms with E-state index in [1.807, 2.05) is 24.3 Å². The summed E-state index contributed by atoms with van der Waals surface area (Å²) >= 11 is 0. The van der Waals surface area contributed by atoms with E-state index in [9.17, 15) is 8.78 Å². The van der Waals surface area contributed by atoms with E-state index in [4.69, 9.17) is 4.74 Å². The molecule has 3 rings (SSSR count). The predicted octanol–water partition coefficient (Wildman–Crippen LogP) is 8.80. The van der Waals surface area contributed by atoms with Crippen LogP contribution in [0.15, 0.2) is 48.5 Å². The van der Waals surface area contributed by atoms with Crippen molar-refractivity contribution in [2.24, 2.45) is 5.92 Å². The highest BCUT2D eigenvalue weighted by atomic mass is 19.3. The molecule has 1 nitrogen and oxygen atoms in total. The molecule has 0 atom stereocenters. The number of ether oxygens (including phenoxy) is 1. The molecule has 0 amide bonds. The standard InChI is InChI=1S/C29H40F2O/c1-3-5-6-8-24-13-15-26(16-14-24)27-17-19-28(20-18-27)29(30,31)32-22-21-25-11-9-23(7-4-2)10-12-25/h9-12,17-20,24,26H,3-8,13-16,21-22H2,1-2H3. The largest absolute Gasteiger partial charge is 0.383 e. The van der Waals surface area contributed by atoms with Crippen LogP contribution in [0, 0.1) is 5.92 Å². The molecule has 0 N–H and O–H groups in total. The third kappa shape index (κ3) is 7.40. The number of rotatable bonds is 12. The van der Waals surface area contributed by atoms with Gasteiger partial charge in [-0.1, -0.05) is 94.5 Å². The molecule has 1 fully saturated rings. The fraction of sp³-hybridized carbons (Fsp3) is 0.586. The van der Waals surface area contributed by atoms with Crippen LogP contribution >= 0.6 is 0 Å². The quantitative estimate of drug-likeness (QED) is 0.298. The van der Waals surface area contributed by atoms with Crippen LogP contribution in [0.25, 0.3) is 0 Å². The van der Waals surface area contributed by atoms with Crippen molar-refractivity contribution in [3.8, 4) is 0 Å². The van der Waals surface area contributed by atoms with Gasteiger partial charge in [-0.25, -0.2) is 0 Å². The van der Waals surface area contributed by atoms with Crippen molar-refractivity contribution in [1.82, 2.24) is 0 Å². The topological polar surface area (TPSA) is 9.23 Å². The molecule has 1 aliphatic rings. The third-order valence-corrected chi connectivity index (χ3v) is 7.02. The van der Waals surface area contributed by atoms with Crippen LogP contribution in [0.2, 0.25) is 0 Å². The molecule has 2 aromatic rings. The van der Waals surface area contributed by atoms with Gasteiger partial charge in [-0.3, -0.25) is 0 Å². The third-order valence-electron chi connectivity index (χ3n) is 7.02. The van der Waals surface area contributed by atoms with E-state index in [1.54, 1.807) is 12.1 Å². The molecule has 0 heterocycles. The minimum absolute atomic E-state index is 0.00389. The molecule has 0 aliphatic heterocycles. The SMILES string of the molecule is CCCCCC1CCC(c2ccc(C(F)(F)OCCc3ccc(CCC)cc3)cc2)CC1. The summed E-state index contributed by atoms with van der Waals surface area (Å²) in [6, 6.07) is 15.1. The molecule has 0 bridgehead atoms. The van der Waals surface area contributed by atoms with Crippen LogP contribution < -0.4 is 0 Å².